The smallest absolute Gasteiger partial charge is 0.301 e. The number of hydrogen-bond acceptors (Lipinski definition) is 12. The Morgan fingerprint density at radius 2 is 2.00 bits per heavy atom. The van der Waals surface area contributed by atoms with Crippen molar-refractivity contribution in [1.29, 1.82) is 0 Å². The molecule has 1 unspecified atom stereocenters. The first-order valence-corrected chi connectivity index (χ1v) is 9.44. The van der Waals surface area contributed by atoms with E-state index in [0.717, 1.165) is 0 Å². The van der Waals surface area contributed by atoms with Crippen LogP contribution in [-0.4, -0.2) is 89.2 Å². The topological polar surface area (TPSA) is 191 Å². The summed E-state index contributed by atoms with van der Waals surface area (Å²) < 4.78 is 18.0. The molecule has 0 aromatic carbocycles. The molecule has 4 heterocycles. The van der Waals surface area contributed by atoms with Crippen molar-refractivity contribution in [3.63, 3.8) is 0 Å². The van der Waals surface area contributed by atoms with E-state index in [2.05, 4.69) is 19.9 Å². The van der Waals surface area contributed by atoms with Gasteiger partial charge in [0.05, 0.1) is 12.8 Å². The molecule has 6 N–H and O–H groups in total. The van der Waals surface area contributed by atoms with Gasteiger partial charge in [-0.05, 0) is 12.1 Å². The third kappa shape index (κ3) is 4.22. The van der Waals surface area contributed by atoms with E-state index in [1.807, 2.05) is 0 Å². The molecule has 166 valence electrons. The maximum Gasteiger partial charge on any atom is 0.301 e. The molecule has 13 heteroatoms. The number of pyridine rings is 1. The number of aromatic nitrogens is 5. The van der Waals surface area contributed by atoms with Crippen LogP contribution >= 0.6 is 0 Å². The van der Waals surface area contributed by atoms with E-state index < -0.39 is 37.3 Å². The number of aliphatic hydroxyl groups excluding tert-OH is 4. The van der Waals surface area contributed by atoms with Crippen molar-refractivity contribution in [3.05, 3.63) is 30.9 Å². The summed E-state index contributed by atoms with van der Waals surface area (Å²) in [6.45, 7) is -0.785. The molecule has 1 saturated heterocycles. The summed E-state index contributed by atoms with van der Waals surface area (Å²) >= 11 is 0. The molecule has 5 atom stereocenters. The van der Waals surface area contributed by atoms with E-state index in [1.54, 1.807) is 18.3 Å². The second-order valence-corrected chi connectivity index (χ2v) is 6.89. The number of fused-ring (bicyclic) bond motifs is 1. The Hall–Kier alpha value is -3.10. The predicted octanol–water partition coefficient (Wildman–Crippen LogP) is -1.77. The molecule has 1 aliphatic heterocycles. The Kier molecular flexibility index (Phi) is 6.11. The molecule has 0 saturated carbocycles. The van der Waals surface area contributed by atoms with Crippen molar-refractivity contribution in [2.24, 2.45) is 0 Å². The van der Waals surface area contributed by atoms with Crippen LogP contribution in [0.2, 0.25) is 0 Å². The number of nitrogens with two attached hydrogens (primary N) is 1. The summed E-state index contributed by atoms with van der Waals surface area (Å²) in [5, 5.41) is 40.1. The van der Waals surface area contributed by atoms with Crippen LogP contribution in [0.15, 0.2) is 30.9 Å². The molecular weight excluding hydrogens is 412 g/mol. The summed E-state index contributed by atoms with van der Waals surface area (Å²) in [6.07, 6.45) is -1.61. The number of hydrogen-bond donors (Lipinski definition) is 5. The third-order valence-corrected chi connectivity index (χ3v) is 4.73. The predicted molar refractivity (Wildman–Crippen MR) is 104 cm³/mol. The van der Waals surface area contributed by atoms with Crippen LogP contribution in [0.5, 0.6) is 11.8 Å². The lowest BCUT2D eigenvalue weighted by Gasteiger charge is -2.20. The van der Waals surface area contributed by atoms with Gasteiger partial charge in [0.25, 0.3) is 0 Å². The van der Waals surface area contributed by atoms with E-state index in [0.29, 0.717) is 5.75 Å². The van der Waals surface area contributed by atoms with Crippen LogP contribution in [0.3, 0.4) is 0 Å². The first kappa shape index (κ1) is 21.1. The average molecular weight is 434 g/mol. The molecule has 0 spiro atoms. The largest absolute Gasteiger partial charge is 0.489 e. The van der Waals surface area contributed by atoms with E-state index in [9.17, 15) is 20.4 Å². The highest BCUT2D eigenvalue weighted by molar-refractivity contribution is 5.82. The fraction of sp³-hybridized carbons (Fsp3) is 0.444. The van der Waals surface area contributed by atoms with Crippen LogP contribution < -0.4 is 15.2 Å². The Labute approximate surface area is 175 Å². The Morgan fingerprint density at radius 3 is 2.71 bits per heavy atom. The molecule has 3 aromatic rings. The zero-order valence-electron chi connectivity index (χ0n) is 16.2. The van der Waals surface area contributed by atoms with Crippen molar-refractivity contribution in [1.82, 2.24) is 24.5 Å². The first-order chi connectivity index (χ1) is 15.0. The number of imidazole rings is 1. The van der Waals surface area contributed by atoms with E-state index in [-0.39, 0.29) is 36.2 Å². The number of rotatable bonds is 8. The summed E-state index contributed by atoms with van der Waals surface area (Å²) in [6, 6.07) is 3.33. The summed E-state index contributed by atoms with van der Waals surface area (Å²) in [5.74, 6) is 0.559. The van der Waals surface area contributed by atoms with Gasteiger partial charge in [-0.2, -0.15) is 4.98 Å². The summed E-state index contributed by atoms with van der Waals surface area (Å²) in [4.78, 5) is 16.2. The molecular formula is C18H22N6O7. The zero-order chi connectivity index (χ0) is 22.0. The van der Waals surface area contributed by atoms with Gasteiger partial charge in [0.2, 0.25) is 0 Å². The molecule has 4 rings (SSSR count). The van der Waals surface area contributed by atoms with Crippen LogP contribution in [-0.2, 0) is 4.74 Å². The van der Waals surface area contributed by atoms with Crippen molar-refractivity contribution in [3.8, 4) is 11.8 Å². The molecule has 0 aliphatic carbocycles. The van der Waals surface area contributed by atoms with Crippen molar-refractivity contribution in [2.45, 2.75) is 30.6 Å². The maximum absolute atomic E-state index is 10.4. The van der Waals surface area contributed by atoms with Crippen LogP contribution in [0.4, 0.5) is 5.82 Å². The fourth-order valence-corrected chi connectivity index (χ4v) is 3.17. The quantitative estimate of drug-likeness (QED) is 0.268. The van der Waals surface area contributed by atoms with Crippen molar-refractivity contribution >= 4 is 17.0 Å². The lowest BCUT2D eigenvalue weighted by molar-refractivity contribution is -0.0554. The van der Waals surface area contributed by atoms with Gasteiger partial charge in [0.15, 0.2) is 23.2 Å². The minimum Gasteiger partial charge on any atom is -0.489 e. The highest BCUT2D eigenvalue weighted by atomic mass is 16.6. The van der Waals surface area contributed by atoms with Gasteiger partial charge in [-0.3, -0.25) is 4.98 Å². The highest BCUT2D eigenvalue weighted by Crippen LogP contribution is 2.35. The van der Waals surface area contributed by atoms with Gasteiger partial charge < -0.3 is 40.4 Å². The Morgan fingerprint density at radius 1 is 1.19 bits per heavy atom. The minimum atomic E-state index is -1.40. The second kappa shape index (κ2) is 8.95. The molecule has 13 nitrogen and oxygen atoms in total. The van der Waals surface area contributed by atoms with E-state index in [4.69, 9.17) is 19.9 Å². The number of anilines is 1. The molecule has 0 bridgehead atoms. The normalized spacial score (nSPS) is 24.4. The van der Waals surface area contributed by atoms with Gasteiger partial charge in [-0.25, -0.2) is 14.5 Å². The van der Waals surface area contributed by atoms with Crippen molar-refractivity contribution < 1.29 is 34.6 Å². The van der Waals surface area contributed by atoms with Crippen molar-refractivity contribution in [2.75, 3.05) is 25.6 Å². The standard InChI is InChI=1S/C18H22N6O7/c19-15-12-16(22-8-21-15)24(17-14(28)13(27)11(5-25)31-17)18(23-12)30-7-9(26)6-29-10-2-1-3-20-4-10/h1-4,8-9,11,13-14,17,25-28H,5-7H2,(H2,19,21,22)/t9?,11-,13-,14-,17-/m1/s1. The van der Waals surface area contributed by atoms with Crippen LogP contribution in [0.25, 0.3) is 11.2 Å². The van der Waals surface area contributed by atoms with Crippen LogP contribution in [0.1, 0.15) is 6.23 Å². The van der Waals surface area contributed by atoms with Gasteiger partial charge in [-0.15, -0.1) is 0 Å². The molecule has 0 amide bonds. The lowest BCUT2D eigenvalue weighted by atomic mass is 10.1. The third-order valence-electron chi connectivity index (χ3n) is 4.73. The second-order valence-electron chi connectivity index (χ2n) is 6.89. The first-order valence-electron chi connectivity index (χ1n) is 9.44. The SMILES string of the molecule is Nc1ncnc2c1nc(OCC(O)COc1cccnc1)n2[C@@H]1O[C@H](CO)[C@@H](O)[C@H]1O. The minimum absolute atomic E-state index is 0.0677. The number of nitrogens with zero attached hydrogens (tertiary/aromatic N) is 5. The summed E-state index contributed by atoms with van der Waals surface area (Å²) in [7, 11) is 0. The lowest BCUT2D eigenvalue weighted by Crippen LogP contribution is -2.33. The Bertz CT molecular complexity index is 1020. The van der Waals surface area contributed by atoms with Gasteiger partial charge in [0.1, 0.15) is 49.7 Å². The van der Waals surface area contributed by atoms with E-state index in [1.165, 1.54) is 17.1 Å². The van der Waals surface area contributed by atoms with Crippen LogP contribution in [0, 0.1) is 0 Å². The number of aliphatic hydroxyl groups is 4. The molecule has 0 radical (unpaired) electrons. The van der Waals surface area contributed by atoms with Gasteiger partial charge in [-0.1, -0.05) is 0 Å². The number of ether oxygens (including phenoxy) is 3. The zero-order valence-corrected chi connectivity index (χ0v) is 16.2. The average Bonchev–Trinajstić information content (AvgIpc) is 3.29. The Balaban J connectivity index is 1.54. The highest BCUT2D eigenvalue weighted by Gasteiger charge is 2.45. The molecule has 1 aliphatic rings. The van der Waals surface area contributed by atoms with E-state index >= 15 is 0 Å². The maximum atomic E-state index is 10.4. The monoisotopic (exact) mass is 434 g/mol. The van der Waals surface area contributed by atoms with Gasteiger partial charge in [0, 0.05) is 6.20 Å². The summed E-state index contributed by atoms with van der Waals surface area (Å²) in [5.41, 5.74) is 6.25. The molecule has 1 fully saturated rings. The molecule has 3 aromatic heterocycles. The van der Waals surface area contributed by atoms with Gasteiger partial charge >= 0.3 is 6.01 Å². The number of nitrogen functional groups attached to an aromatic ring is 1. The fourth-order valence-electron chi connectivity index (χ4n) is 3.17. The molecule has 31 heavy (non-hydrogen) atoms.